The monoisotopic (exact) mass is 554 g/mol. The number of carbonyl (C=O) groups is 3. The minimum Gasteiger partial charge on any atom is -0.463 e. The molecule has 2 aromatic rings. The van der Waals surface area contributed by atoms with Gasteiger partial charge in [-0.2, -0.15) is 0 Å². The van der Waals surface area contributed by atoms with Gasteiger partial charge in [-0.25, -0.2) is 14.0 Å². The van der Waals surface area contributed by atoms with Crippen LogP contribution in [0.15, 0.2) is 72.5 Å². The molecule has 0 radical (unpaired) electrons. The molecule has 4 rings (SSSR count). The summed E-state index contributed by atoms with van der Waals surface area (Å²) in [6.07, 6.45) is 1.60. The topological polar surface area (TPSA) is 82.2 Å². The second kappa shape index (κ2) is 12.4. The Labute approximate surface area is 232 Å². The van der Waals surface area contributed by atoms with Crippen molar-refractivity contribution >= 4 is 29.5 Å². The molecule has 0 saturated carbocycles. The molecule has 3 amide bonds. The van der Waals surface area contributed by atoms with Crippen LogP contribution < -0.4 is 5.32 Å². The Morgan fingerprint density at radius 2 is 1.95 bits per heavy atom. The molecule has 2 aliphatic heterocycles. The molecule has 39 heavy (non-hydrogen) atoms. The lowest BCUT2D eigenvalue weighted by atomic mass is 9.94. The molecule has 2 unspecified atom stereocenters. The van der Waals surface area contributed by atoms with E-state index in [-0.39, 0.29) is 37.7 Å². The van der Waals surface area contributed by atoms with Gasteiger partial charge >= 0.3 is 12.0 Å². The van der Waals surface area contributed by atoms with Gasteiger partial charge in [0, 0.05) is 55.0 Å². The summed E-state index contributed by atoms with van der Waals surface area (Å²) in [6, 6.07) is 11.3. The minimum atomic E-state index is -0.745. The molecule has 2 aliphatic rings. The van der Waals surface area contributed by atoms with Crippen molar-refractivity contribution in [3.63, 3.8) is 0 Å². The Balaban J connectivity index is 1.65. The Morgan fingerprint density at radius 1 is 1.21 bits per heavy atom. The second-order valence-electron chi connectivity index (χ2n) is 9.51. The van der Waals surface area contributed by atoms with Crippen LogP contribution in [-0.4, -0.2) is 78.0 Å². The summed E-state index contributed by atoms with van der Waals surface area (Å²) in [5, 5.41) is 3.41. The van der Waals surface area contributed by atoms with Crippen LogP contribution in [0.5, 0.6) is 0 Å². The van der Waals surface area contributed by atoms with Crippen molar-refractivity contribution in [2.75, 3.05) is 39.3 Å². The number of nitrogens with one attached hydrogen (secondary N) is 1. The molecule has 2 aromatic carbocycles. The predicted octanol–water partition coefficient (Wildman–Crippen LogP) is 4.40. The lowest BCUT2D eigenvalue weighted by Crippen LogP contribution is -2.56. The summed E-state index contributed by atoms with van der Waals surface area (Å²) in [6.45, 7) is 9.58. The van der Waals surface area contributed by atoms with Crippen molar-refractivity contribution in [3.8, 4) is 0 Å². The largest absolute Gasteiger partial charge is 0.463 e. The highest BCUT2D eigenvalue weighted by atomic mass is 35.5. The number of ether oxygens (including phenoxy) is 1. The third-order valence-corrected chi connectivity index (χ3v) is 7.10. The molecule has 2 heterocycles. The van der Waals surface area contributed by atoms with Crippen molar-refractivity contribution < 1.29 is 23.5 Å². The third kappa shape index (κ3) is 6.32. The van der Waals surface area contributed by atoms with Gasteiger partial charge in [-0.3, -0.25) is 14.6 Å². The highest BCUT2D eigenvalue weighted by Crippen LogP contribution is 2.33. The van der Waals surface area contributed by atoms with Crippen LogP contribution in [0.3, 0.4) is 0 Å². The SMILES string of the molecule is C=CCN1C(=O)NC(c2cccc(Cl)c2)C(C(=O)OCC)=C1CN1CCN(C(=O)c2ccc(F)cc2)C(C)C1. The summed E-state index contributed by atoms with van der Waals surface area (Å²) < 4.78 is 18.8. The predicted molar refractivity (Wildman–Crippen MR) is 147 cm³/mol. The fourth-order valence-electron chi connectivity index (χ4n) is 5.03. The van der Waals surface area contributed by atoms with Gasteiger partial charge in [0.2, 0.25) is 0 Å². The van der Waals surface area contributed by atoms with Gasteiger partial charge in [-0.05, 0) is 55.8 Å². The van der Waals surface area contributed by atoms with E-state index in [1.165, 1.54) is 29.2 Å². The molecule has 0 aliphatic carbocycles. The van der Waals surface area contributed by atoms with Gasteiger partial charge in [0.05, 0.1) is 18.2 Å². The minimum absolute atomic E-state index is 0.156. The first-order chi connectivity index (χ1) is 18.7. The number of amides is 3. The highest BCUT2D eigenvalue weighted by molar-refractivity contribution is 6.30. The number of urea groups is 1. The van der Waals surface area contributed by atoms with Gasteiger partial charge in [0.1, 0.15) is 5.82 Å². The van der Waals surface area contributed by atoms with Crippen LogP contribution in [0.2, 0.25) is 5.02 Å². The Bertz CT molecular complexity index is 1280. The summed E-state index contributed by atoms with van der Waals surface area (Å²) in [4.78, 5) is 45.1. The number of hydrogen-bond donors (Lipinski definition) is 1. The van der Waals surface area contributed by atoms with Crippen LogP contribution in [0.25, 0.3) is 0 Å². The summed E-state index contributed by atoms with van der Waals surface area (Å²) in [5.41, 5.74) is 1.94. The van der Waals surface area contributed by atoms with E-state index in [0.717, 1.165) is 0 Å². The number of benzene rings is 2. The van der Waals surface area contributed by atoms with Crippen LogP contribution in [0, 0.1) is 5.82 Å². The summed E-state index contributed by atoms with van der Waals surface area (Å²) >= 11 is 6.24. The number of esters is 1. The molecule has 1 saturated heterocycles. The van der Waals surface area contributed by atoms with Gasteiger partial charge in [0.15, 0.2) is 0 Å². The molecule has 1 fully saturated rings. The molecular weight excluding hydrogens is 523 g/mol. The normalized spacial score (nSPS) is 20.1. The Morgan fingerprint density at radius 3 is 2.59 bits per heavy atom. The van der Waals surface area contributed by atoms with E-state index in [9.17, 15) is 18.8 Å². The van der Waals surface area contributed by atoms with Crippen LogP contribution in [0.4, 0.5) is 9.18 Å². The molecule has 0 bridgehead atoms. The van der Waals surface area contributed by atoms with Crippen molar-refractivity contribution in [3.05, 3.63) is 94.4 Å². The molecule has 8 nitrogen and oxygen atoms in total. The second-order valence-corrected chi connectivity index (χ2v) is 9.94. The lowest BCUT2D eigenvalue weighted by Gasteiger charge is -2.43. The quantitative estimate of drug-likeness (QED) is 0.386. The van der Waals surface area contributed by atoms with Gasteiger partial charge < -0.3 is 15.0 Å². The van der Waals surface area contributed by atoms with Gasteiger partial charge in [0.25, 0.3) is 5.91 Å². The third-order valence-electron chi connectivity index (χ3n) is 6.86. The number of hydrogen-bond acceptors (Lipinski definition) is 5. The van der Waals surface area contributed by atoms with Crippen LogP contribution in [-0.2, 0) is 9.53 Å². The zero-order valence-electron chi connectivity index (χ0n) is 22.0. The van der Waals surface area contributed by atoms with Crippen molar-refractivity contribution in [2.45, 2.75) is 25.9 Å². The standard InChI is InChI=1S/C29H32ClFN4O4/c1-4-13-35-24(18-33-14-15-34(19(3)17-33)27(36)20-9-11-23(31)12-10-20)25(28(37)39-5-2)26(32-29(35)38)21-7-6-8-22(30)16-21/h4,6-12,16,19,26H,1,5,13-15,17-18H2,2-3H3,(H,32,38). The maximum absolute atomic E-state index is 13.3. The molecule has 0 spiro atoms. The van der Waals surface area contributed by atoms with E-state index in [0.29, 0.717) is 47.1 Å². The highest BCUT2D eigenvalue weighted by Gasteiger charge is 2.39. The smallest absolute Gasteiger partial charge is 0.338 e. The van der Waals surface area contributed by atoms with Gasteiger partial charge in [-0.15, -0.1) is 6.58 Å². The molecule has 10 heteroatoms. The van der Waals surface area contributed by atoms with E-state index in [1.54, 1.807) is 42.2 Å². The van der Waals surface area contributed by atoms with Crippen molar-refractivity contribution in [1.82, 2.24) is 20.0 Å². The molecular formula is C29H32ClFN4O4. The molecule has 2 atom stereocenters. The first kappa shape index (κ1) is 28.3. The molecule has 206 valence electrons. The van der Waals surface area contributed by atoms with E-state index in [2.05, 4.69) is 16.8 Å². The first-order valence-corrected chi connectivity index (χ1v) is 13.2. The fraction of sp³-hybridized carbons (Fsp3) is 0.345. The first-order valence-electron chi connectivity index (χ1n) is 12.9. The van der Waals surface area contributed by atoms with Crippen molar-refractivity contribution in [1.29, 1.82) is 0 Å². The Hall–Kier alpha value is -3.69. The number of halogens is 2. The maximum atomic E-state index is 13.3. The number of nitrogens with zero attached hydrogens (tertiary/aromatic N) is 3. The van der Waals surface area contributed by atoms with Crippen LogP contribution in [0.1, 0.15) is 35.8 Å². The zero-order chi connectivity index (χ0) is 28.1. The average Bonchev–Trinajstić information content (AvgIpc) is 2.90. The summed E-state index contributed by atoms with van der Waals surface area (Å²) in [7, 11) is 0. The zero-order valence-corrected chi connectivity index (χ0v) is 22.8. The molecule has 1 N–H and O–H groups in total. The van der Waals surface area contributed by atoms with E-state index in [4.69, 9.17) is 16.3 Å². The maximum Gasteiger partial charge on any atom is 0.338 e. The van der Waals surface area contributed by atoms with E-state index < -0.39 is 17.8 Å². The number of rotatable bonds is 8. The van der Waals surface area contributed by atoms with Crippen LogP contribution >= 0.6 is 11.6 Å². The fourth-order valence-corrected chi connectivity index (χ4v) is 5.23. The Kier molecular flexibility index (Phi) is 9.04. The van der Waals surface area contributed by atoms with E-state index >= 15 is 0 Å². The van der Waals surface area contributed by atoms with Gasteiger partial charge in [-0.1, -0.05) is 29.8 Å². The number of carbonyl (C=O) groups excluding carboxylic acids is 3. The van der Waals surface area contributed by atoms with E-state index in [1.807, 2.05) is 6.92 Å². The number of piperazine rings is 1. The molecule has 0 aromatic heterocycles. The lowest BCUT2D eigenvalue weighted by molar-refractivity contribution is -0.139. The average molecular weight is 555 g/mol. The van der Waals surface area contributed by atoms with Crippen molar-refractivity contribution in [2.24, 2.45) is 0 Å². The summed E-state index contributed by atoms with van der Waals surface area (Å²) in [5.74, 6) is -1.09.